The summed E-state index contributed by atoms with van der Waals surface area (Å²) in [4.78, 5) is 17.2. The van der Waals surface area contributed by atoms with Crippen LogP contribution in [0.1, 0.15) is 35.9 Å². The number of carbonyl (C=O) groups is 1. The lowest BCUT2D eigenvalue weighted by atomic mass is 10.0. The van der Waals surface area contributed by atoms with Crippen molar-refractivity contribution in [2.75, 3.05) is 12.4 Å². The van der Waals surface area contributed by atoms with Crippen molar-refractivity contribution >= 4 is 43.6 Å². The molecule has 0 saturated heterocycles. The molecular formula is C20H18N2O3S. The number of hydrogen-bond donors (Lipinski definition) is 1. The number of ether oxygens (including phenoxy) is 1. The van der Waals surface area contributed by atoms with Crippen molar-refractivity contribution in [3.05, 3.63) is 53.8 Å². The molecule has 0 atom stereocenters. The second kappa shape index (κ2) is 6.46. The SMILES string of the molecule is COc1cccc2cc(C(=O)Nc3nc4c(C(C)C)cccc4s3)oc12. The maximum Gasteiger partial charge on any atom is 0.293 e. The number of nitrogens with zero attached hydrogens (tertiary/aromatic N) is 1. The third-order valence-corrected chi connectivity index (χ3v) is 5.18. The van der Waals surface area contributed by atoms with Gasteiger partial charge in [-0.25, -0.2) is 4.98 Å². The minimum absolute atomic E-state index is 0.229. The minimum Gasteiger partial charge on any atom is -0.493 e. The van der Waals surface area contributed by atoms with Crippen LogP contribution in [0.2, 0.25) is 0 Å². The lowest BCUT2D eigenvalue weighted by molar-refractivity contribution is 0.0998. The number of amides is 1. The summed E-state index contributed by atoms with van der Waals surface area (Å²) in [5.74, 6) is 0.872. The second-order valence-electron chi connectivity index (χ2n) is 6.31. The lowest BCUT2D eigenvalue weighted by Gasteiger charge is -2.04. The molecule has 1 N–H and O–H groups in total. The number of aromatic nitrogens is 1. The highest BCUT2D eigenvalue weighted by Crippen LogP contribution is 2.33. The number of rotatable bonds is 4. The molecule has 0 saturated carbocycles. The standard InChI is InChI=1S/C20H18N2O3S/c1-11(2)13-7-5-9-16-17(13)21-20(26-16)22-19(23)15-10-12-6-4-8-14(24-3)18(12)25-15/h4-11H,1-3H3,(H,21,22,23). The van der Waals surface area contributed by atoms with E-state index < -0.39 is 0 Å². The maximum absolute atomic E-state index is 12.6. The van der Waals surface area contributed by atoms with E-state index in [0.29, 0.717) is 22.4 Å². The number of furan rings is 1. The molecule has 0 aliphatic rings. The molecule has 5 nitrogen and oxygen atoms in total. The minimum atomic E-state index is -0.326. The third-order valence-electron chi connectivity index (χ3n) is 4.24. The Morgan fingerprint density at radius 3 is 2.81 bits per heavy atom. The van der Waals surface area contributed by atoms with Gasteiger partial charge in [0.15, 0.2) is 22.2 Å². The number of nitrogens with one attached hydrogen (secondary N) is 1. The highest BCUT2D eigenvalue weighted by Gasteiger charge is 2.17. The molecule has 1 amide bonds. The van der Waals surface area contributed by atoms with Crippen LogP contribution in [0.15, 0.2) is 46.9 Å². The normalized spacial score (nSPS) is 11.4. The van der Waals surface area contributed by atoms with Crippen molar-refractivity contribution in [1.82, 2.24) is 4.98 Å². The predicted molar refractivity (Wildman–Crippen MR) is 104 cm³/mol. The molecule has 2 heterocycles. The summed E-state index contributed by atoms with van der Waals surface area (Å²) in [6.07, 6.45) is 0. The summed E-state index contributed by atoms with van der Waals surface area (Å²) in [5, 5.41) is 4.23. The fourth-order valence-electron chi connectivity index (χ4n) is 2.96. The fraction of sp³-hybridized carbons (Fsp3) is 0.200. The van der Waals surface area contributed by atoms with Crippen LogP contribution in [-0.4, -0.2) is 18.0 Å². The zero-order valence-corrected chi connectivity index (χ0v) is 15.5. The molecule has 4 aromatic rings. The first-order valence-corrected chi connectivity index (χ1v) is 9.16. The van der Waals surface area contributed by atoms with E-state index >= 15 is 0 Å². The largest absolute Gasteiger partial charge is 0.493 e. The van der Waals surface area contributed by atoms with E-state index in [9.17, 15) is 4.79 Å². The monoisotopic (exact) mass is 366 g/mol. The van der Waals surface area contributed by atoms with Gasteiger partial charge in [0.05, 0.1) is 17.3 Å². The van der Waals surface area contributed by atoms with Gasteiger partial charge >= 0.3 is 0 Å². The van der Waals surface area contributed by atoms with Gasteiger partial charge in [0, 0.05) is 5.39 Å². The van der Waals surface area contributed by atoms with E-state index in [2.05, 4.69) is 30.2 Å². The summed E-state index contributed by atoms with van der Waals surface area (Å²) in [6, 6.07) is 13.4. The fourth-order valence-corrected chi connectivity index (χ4v) is 3.85. The van der Waals surface area contributed by atoms with Gasteiger partial charge in [-0.1, -0.05) is 49.4 Å². The highest BCUT2D eigenvalue weighted by molar-refractivity contribution is 7.22. The molecular weight excluding hydrogens is 348 g/mol. The molecule has 6 heteroatoms. The van der Waals surface area contributed by atoms with Crippen LogP contribution in [-0.2, 0) is 0 Å². The van der Waals surface area contributed by atoms with Gasteiger partial charge in [-0.05, 0) is 29.7 Å². The van der Waals surface area contributed by atoms with Gasteiger partial charge in [0.2, 0.25) is 0 Å². The number of benzene rings is 2. The van der Waals surface area contributed by atoms with Crippen molar-refractivity contribution < 1.29 is 13.9 Å². The molecule has 132 valence electrons. The van der Waals surface area contributed by atoms with Crippen LogP contribution in [0, 0.1) is 0 Å². The van der Waals surface area contributed by atoms with E-state index in [1.165, 1.54) is 16.9 Å². The number of thiazole rings is 1. The van der Waals surface area contributed by atoms with Crippen LogP contribution >= 0.6 is 11.3 Å². The molecule has 0 radical (unpaired) electrons. The van der Waals surface area contributed by atoms with E-state index in [-0.39, 0.29) is 11.7 Å². The molecule has 0 spiro atoms. The first-order chi connectivity index (χ1) is 12.6. The predicted octanol–water partition coefficient (Wildman–Crippen LogP) is 5.43. The molecule has 0 aliphatic carbocycles. The van der Waals surface area contributed by atoms with Gasteiger partial charge in [-0.15, -0.1) is 0 Å². The Kier molecular flexibility index (Phi) is 4.12. The zero-order chi connectivity index (χ0) is 18.3. The van der Waals surface area contributed by atoms with Gasteiger partial charge in [0.1, 0.15) is 0 Å². The number of para-hydroxylation sites is 2. The van der Waals surface area contributed by atoms with Crippen molar-refractivity contribution in [1.29, 1.82) is 0 Å². The van der Waals surface area contributed by atoms with E-state index in [1.807, 2.05) is 24.3 Å². The van der Waals surface area contributed by atoms with Gasteiger partial charge < -0.3 is 9.15 Å². The Morgan fingerprint density at radius 1 is 1.23 bits per heavy atom. The Labute approximate surface area is 154 Å². The molecule has 0 bridgehead atoms. The van der Waals surface area contributed by atoms with Gasteiger partial charge in [0.25, 0.3) is 5.91 Å². The third kappa shape index (κ3) is 2.82. The zero-order valence-electron chi connectivity index (χ0n) is 14.7. The summed E-state index contributed by atoms with van der Waals surface area (Å²) >= 11 is 1.46. The van der Waals surface area contributed by atoms with Crippen molar-refractivity contribution in [3.8, 4) is 5.75 Å². The molecule has 0 aliphatic heterocycles. The molecule has 0 fully saturated rings. The maximum atomic E-state index is 12.6. The van der Waals surface area contributed by atoms with E-state index in [1.54, 1.807) is 19.2 Å². The van der Waals surface area contributed by atoms with Crippen LogP contribution in [0.5, 0.6) is 5.75 Å². The Bertz CT molecular complexity index is 1110. The highest BCUT2D eigenvalue weighted by atomic mass is 32.1. The Hall–Kier alpha value is -2.86. The first-order valence-electron chi connectivity index (χ1n) is 8.34. The van der Waals surface area contributed by atoms with Crippen LogP contribution in [0.3, 0.4) is 0 Å². The van der Waals surface area contributed by atoms with Gasteiger partial charge in [-0.3, -0.25) is 10.1 Å². The smallest absolute Gasteiger partial charge is 0.293 e. The van der Waals surface area contributed by atoms with Crippen molar-refractivity contribution in [2.24, 2.45) is 0 Å². The number of anilines is 1. The molecule has 0 unspecified atom stereocenters. The van der Waals surface area contributed by atoms with Crippen LogP contribution < -0.4 is 10.1 Å². The summed E-state index contributed by atoms with van der Waals surface area (Å²) in [7, 11) is 1.57. The Morgan fingerprint density at radius 2 is 2.04 bits per heavy atom. The molecule has 2 aromatic carbocycles. The van der Waals surface area contributed by atoms with Gasteiger partial charge in [-0.2, -0.15) is 0 Å². The Balaban J connectivity index is 1.66. The number of carbonyl (C=O) groups excluding carboxylic acids is 1. The topological polar surface area (TPSA) is 64.4 Å². The summed E-state index contributed by atoms with van der Waals surface area (Å²) in [5.41, 5.74) is 2.67. The lowest BCUT2D eigenvalue weighted by Crippen LogP contribution is -2.10. The van der Waals surface area contributed by atoms with Crippen molar-refractivity contribution in [3.63, 3.8) is 0 Å². The average molecular weight is 366 g/mol. The quantitative estimate of drug-likeness (QED) is 0.523. The summed E-state index contributed by atoms with van der Waals surface area (Å²) in [6.45, 7) is 4.27. The first kappa shape index (κ1) is 16.6. The molecule has 4 rings (SSSR count). The number of methoxy groups -OCH3 is 1. The van der Waals surface area contributed by atoms with E-state index in [0.717, 1.165) is 15.6 Å². The van der Waals surface area contributed by atoms with Crippen LogP contribution in [0.4, 0.5) is 5.13 Å². The van der Waals surface area contributed by atoms with E-state index in [4.69, 9.17) is 9.15 Å². The average Bonchev–Trinajstić information content (AvgIpc) is 3.24. The molecule has 2 aromatic heterocycles. The van der Waals surface area contributed by atoms with Crippen LogP contribution in [0.25, 0.3) is 21.2 Å². The molecule has 26 heavy (non-hydrogen) atoms. The van der Waals surface area contributed by atoms with Crippen molar-refractivity contribution in [2.45, 2.75) is 19.8 Å². The summed E-state index contributed by atoms with van der Waals surface area (Å²) < 4.78 is 12.0. The second-order valence-corrected chi connectivity index (χ2v) is 7.34. The number of fused-ring (bicyclic) bond motifs is 2. The number of hydrogen-bond acceptors (Lipinski definition) is 5.